The largest absolute Gasteiger partial charge is 0.490 e. The van der Waals surface area contributed by atoms with Gasteiger partial charge in [0, 0.05) is 38.1 Å². The van der Waals surface area contributed by atoms with Gasteiger partial charge in [0.05, 0.1) is 12.3 Å². The van der Waals surface area contributed by atoms with Crippen molar-refractivity contribution in [3.8, 4) is 5.75 Å². The summed E-state index contributed by atoms with van der Waals surface area (Å²) in [6.07, 6.45) is 2.61. The highest BCUT2D eigenvalue weighted by molar-refractivity contribution is 5.95. The van der Waals surface area contributed by atoms with E-state index in [1.165, 1.54) is 5.69 Å². The summed E-state index contributed by atoms with van der Waals surface area (Å²) in [4.78, 5) is 22.3. The van der Waals surface area contributed by atoms with Crippen LogP contribution in [0.5, 0.6) is 5.75 Å². The second kappa shape index (κ2) is 7.92. The summed E-state index contributed by atoms with van der Waals surface area (Å²) in [6.45, 7) is 7.62. The molecular formula is C22H26N4O2. The van der Waals surface area contributed by atoms with Crippen molar-refractivity contribution in [2.24, 2.45) is 0 Å². The second-order valence-corrected chi connectivity index (χ2v) is 6.87. The number of amides is 1. The Morgan fingerprint density at radius 1 is 1.04 bits per heavy atom. The van der Waals surface area contributed by atoms with Crippen molar-refractivity contribution in [2.45, 2.75) is 20.3 Å². The Kier molecular flexibility index (Phi) is 5.19. The lowest BCUT2D eigenvalue weighted by Gasteiger charge is -2.36. The van der Waals surface area contributed by atoms with Gasteiger partial charge in [-0.05, 0) is 37.6 Å². The fourth-order valence-corrected chi connectivity index (χ4v) is 3.79. The molecule has 0 spiro atoms. The molecule has 6 heteroatoms. The number of fused-ring (bicyclic) bond motifs is 1. The van der Waals surface area contributed by atoms with E-state index in [1.54, 1.807) is 0 Å². The van der Waals surface area contributed by atoms with Crippen LogP contribution >= 0.6 is 0 Å². The molecule has 0 saturated carbocycles. The van der Waals surface area contributed by atoms with Gasteiger partial charge in [-0.15, -0.1) is 0 Å². The summed E-state index contributed by atoms with van der Waals surface area (Å²) < 4.78 is 7.59. The van der Waals surface area contributed by atoms with Gasteiger partial charge in [0.2, 0.25) is 0 Å². The van der Waals surface area contributed by atoms with Crippen molar-refractivity contribution in [1.29, 1.82) is 0 Å². The summed E-state index contributed by atoms with van der Waals surface area (Å²) in [7, 11) is 0. The van der Waals surface area contributed by atoms with E-state index in [0.717, 1.165) is 18.8 Å². The maximum absolute atomic E-state index is 13.4. The molecule has 28 heavy (non-hydrogen) atoms. The van der Waals surface area contributed by atoms with Crippen LogP contribution in [0, 0.1) is 0 Å². The van der Waals surface area contributed by atoms with Crippen molar-refractivity contribution in [3.05, 3.63) is 60.0 Å². The fraction of sp³-hybridized carbons (Fsp3) is 0.364. The Morgan fingerprint density at radius 2 is 1.79 bits per heavy atom. The minimum absolute atomic E-state index is 0.0470. The molecular weight excluding hydrogens is 352 g/mol. The number of ether oxygens (including phenoxy) is 1. The van der Waals surface area contributed by atoms with Crippen LogP contribution in [0.15, 0.2) is 48.7 Å². The molecule has 0 unspecified atom stereocenters. The van der Waals surface area contributed by atoms with E-state index in [4.69, 9.17) is 9.72 Å². The van der Waals surface area contributed by atoms with Crippen LogP contribution in [0.3, 0.4) is 0 Å². The zero-order valence-corrected chi connectivity index (χ0v) is 16.5. The molecule has 3 aromatic rings. The molecule has 3 heterocycles. The second-order valence-electron chi connectivity index (χ2n) is 6.87. The fourth-order valence-electron chi connectivity index (χ4n) is 3.79. The highest BCUT2D eigenvalue weighted by Crippen LogP contribution is 2.24. The SMILES string of the molecule is CCOc1cccn2c(C(=O)N3CCN(c4ccccc4)CC3)c(CC)nc12. The van der Waals surface area contributed by atoms with Crippen LogP contribution < -0.4 is 9.64 Å². The zero-order chi connectivity index (χ0) is 19.5. The van der Waals surface area contributed by atoms with E-state index >= 15 is 0 Å². The first kappa shape index (κ1) is 18.3. The number of anilines is 1. The number of hydrogen-bond acceptors (Lipinski definition) is 4. The molecule has 6 nitrogen and oxygen atoms in total. The molecule has 0 N–H and O–H groups in total. The van der Waals surface area contributed by atoms with Gasteiger partial charge in [-0.25, -0.2) is 4.98 Å². The van der Waals surface area contributed by atoms with E-state index in [0.29, 0.717) is 43.2 Å². The van der Waals surface area contributed by atoms with Crippen LogP contribution in [0.2, 0.25) is 0 Å². The molecule has 146 valence electrons. The van der Waals surface area contributed by atoms with Crippen LogP contribution in [-0.2, 0) is 6.42 Å². The van der Waals surface area contributed by atoms with Gasteiger partial charge in [-0.3, -0.25) is 9.20 Å². The normalized spacial score (nSPS) is 14.5. The van der Waals surface area contributed by atoms with Gasteiger partial charge in [0.1, 0.15) is 5.69 Å². The van der Waals surface area contributed by atoms with E-state index in [-0.39, 0.29) is 5.91 Å². The van der Waals surface area contributed by atoms with Crippen molar-refractivity contribution < 1.29 is 9.53 Å². The van der Waals surface area contributed by atoms with E-state index in [1.807, 2.05) is 47.5 Å². The third-order valence-electron chi connectivity index (χ3n) is 5.21. The first-order valence-corrected chi connectivity index (χ1v) is 9.95. The standard InChI is InChI=1S/C22H26N4O2/c1-3-18-20(26-12-8-11-19(28-4-2)21(26)23-18)22(27)25-15-13-24(14-16-25)17-9-6-5-7-10-17/h5-12H,3-4,13-16H2,1-2H3. The number of aryl methyl sites for hydroxylation is 1. The minimum Gasteiger partial charge on any atom is -0.490 e. The summed E-state index contributed by atoms with van der Waals surface area (Å²) in [5.41, 5.74) is 3.40. The summed E-state index contributed by atoms with van der Waals surface area (Å²) in [5.74, 6) is 0.762. The molecule has 0 bridgehead atoms. The molecule has 1 aliphatic rings. The van der Waals surface area contributed by atoms with E-state index in [9.17, 15) is 4.79 Å². The Morgan fingerprint density at radius 3 is 2.46 bits per heavy atom. The van der Waals surface area contributed by atoms with Crippen molar-refractivity contribution in [3.63, 3.8) is 0 Å². The Hall–Kier alpha value is -3.02. The van der Waals surface area contributed by atoms with Crippen LogP contribution in [0.4, 0.5) is 5.69 Å². The Labute approximate surface area is 165 Å². The molecule has 0 radical (unpaired) electrons. The number of benzene rings is 1. The lowest BCUT2D eigenvalue weighted by Crippen LogP contribution is -2.49. The summed E-state index contributed by atoms with van der Waals surface area (Å²) >= 11 is 0. The first-order valence-electron chi connectivity index (χ1n) is 9.95. The predicted octanol–water partition coefficient (Wildman–Crippen LogP) is 3.26. The molecule has 1 aromatic carbocycles. The number of rotatable bonds is 5. The van der Waals surface area contributed by atoms with Gasteiger partial charge in [-0.2, -0.15) is 0 Å². The van der Waals surface area contributed by atoms with Gasteiger partial charge < -0.3 is 14.5 Å². The average Bonchev–Trinajstić information content (AvgIpc) is 3.14. The molecule has 0 atom stereocenters. The molecule has 1 fully saturated rings. The van der Waals surface area contributed by atoms with Crippen LogP contribution in [0.1, 0.15) is 30.0 Å². The monoisotopic (exact) mass is 378 g/mol. The summed E-state index contributed by atoms with van der Waals surface area (Å²) in [6, 6.07) is 14.2. The summed E-state index contributed by atoms with van der Waals surface area (Å²) in [5, 5.41) is 0. The number of para-hydroxylation sites is 1. The molecule has 1 amide bonds. The molecule has 1 aliphatic heterocycles. The number of piperazine rings is 1. The number of imidazole rings is 1. The van der Waals surface area contributed by atoms with Crippen molar-refractivity contribution >= 4 is 17.2 Å². The number of hydrogen-bond donors (Lipinski definition) is 0. The number of pyridine rings is 1. The van der Waals surface area contributed by atoms with Gasteiger partial charge in [0.15, 0.2) is 11.4 Å². The zero-order valence-electron chi connectivity index (χ0n) is 16.5. The van der Waals surface area contributed by atoms with E-state index in [2.05, 4.69) is 29.2 Å². The highest BCUT2D eigenvalue weighted by Gasteiger charge is 2.27. The Balaban J connectivity index is 1.58. The van der Waals surface area contributed by atoms with E-state index < -0.39 is 0 Å². The smallest absolute Gasteiger partial charge is 0.272 e. The Bertz CT molecular complexity index is 959. The average molecular weight is 378 g/mol. The number of carbonyl (C=O) groups excluding carboxylic acids is 1. The molecule has 0 aliphatic carbocycles. The number of carbonyl (C=O) groups is 1. The quantitative estimate of drug-likeness (QED) is 0.684. The topological polar surface area (TPSA) is 50.1 Å². The maximum atomic E-state index is 13.4. The molecule has 2 aromatic heterocycles. The van der Waals surface area contributed by atoms with Crippen LogP contribution in [0.25, 0.3) is 5.65 Å². The van der Waals surface area contributed by atoms with Crippen molar-refractivity contribution in [1.82, 2.24) is 14.3 Å². The lowest BCUT2D eigenvalue weighted by atomic mass is 10.2. The van der Waals surface area contributed by atoms with Crippen LogP contribution in [-0.4, -0.2) is 53.0 Å². The van der Waals surface area contributed by atoms with Gasteiger partial charge >= 0.3 is 0 Å². The van der Waals surface area contributed by atoms with Gasteiger partial charge in [-0.1, -0.05) is 25.1 Å². The minimum atomic E-state index is 0.0470. The number of aromatic nitrogens is 2. The number of nitrogens with zero attached hydrogens (tertiary/aromatic N) is 4. The highest BCUT2D eigenvalue weighted by atomic mass is 16.5. The first-order chi connectivity index (χ1) is 13.7. The third-order valence-corrected chi connectivity index (χ3v) is 5.21. The van der Waals surface area contributed by atoms with Gasteiger partial charge in [0.25, 0.3) is 5.91 Å². The van der Waals surface area contributed by atoms with Crippen molar-refractivity contribution in [2.75, 3.05) is 37.7 Å². The maximum Gasteiger partial charge on any atom is 0.272 e. The third kappa shape index (κ3) is 3.30. The lowest BCUT2D eigenvalue weighted by molar-refractivity contribution is 0.0738. The molecule has 1 saturated heterocycles. The predicted molar refractivity (Wildman–Crippen MR) is 110 cm³/mol. The molecule has 4 rings (SSSR count).